The maximum atomic E-state index is 12.3. The lowest BCUT2D eigenvalue weighted by Crippen LogP contribution is -2.47. The molecule has 100 valence electrons. The van der Waals surface area contributed by atoms with Gasteiger partial charge in [-0.15, -0.1) is 0 Å². The summed E-state index contributed by atoms with van der Waals surface area (Å²) in [5.74, 6) is -0.190. The summed E-state index contributed by atoms with van der Waals surface area (Å²) in [6, 6.07) is 9.55. The zero-order chi connectivity index (χ0) is 14.0. The number of rotatable bonds is 3. The monoisotopic (exact) mass is 258 g/mol. The van der Waals surface area contributed by atoms with Crippen LogP contribution in [-0.2, 0) is 0 Å². The van der Waals surface area contributed by atoms with Gasteiger partial charge in [0.05, 0.1) is 12.1 Å². The number of nitrogens with zero attached hydrogens (tertiary/aromatic N) is 2. The molecule has 2 rings (SSSR count). The number of likely N-dealkylation sites (N-methyl/N-ethyl adjacent to an activating group) is 1. The molecule has 4 nitrogen and oxygen atoms in total. The Morgan fingerprint density at radius 1 is 1.32 bits per heavy atom. The highest BCUT2D eigenvalue weighted by molar-refractivity contribution is 5.96. The van der Waals surface area contributed by atoms with Crippen molar-refractivity contribution < 1.29 is 9.90 Å². The minimum atomic E-state index is -0.607. The molecule has 2 aromatic rings. The van der Waals surface area contributed by atoms with Gasteiger partial charge in [0.15, 0.2) is 0 Å². The van der Waals surface area contributed by atoms with Crippen molar-refractivity contribution in [2.75, 3.05) is 13.7 Å². The Hall–Kier alpha value is -1.94. The van der Waals surface area contributed by atoms with E-state index < -0.39 is 5.54 Å². The molecule has 4 heteroatoms. The van der Waals surface area contributed by atoms with Gasteiger partial charge in [-0.1, -0.05) is 24.3 Å². The maximum absolute atomic E-state index is 12.3. The Balaban J connectivity index is 2.36. The van der Waals surface area contributed by atoms with Gasteiger partial charge in [-0.3, -0.25) is 9.78 Å². The summed E-state index contributed by atoms with van der Waals surface area (Å²) < 4.78 is 0. The van der Waals surface area contributed by atoms with Crippen LogP contribution in [0.1, 0.15) is 24.3 Å². The van der Waals surface area contributed by atoms with E-state index in [1.165, 1.54) is 4.90 Å². The average Bonchev–Trinajstić information content (AvgIpc) is 2.45. The third-order valence-electron chi connectivity index (χ3n) is 3.45. The second-order valence-electron chi connectivity index (χ2n) is 5.25. The summed E-state index contributed by atoms with van der Waals surface area (Å²) in [6.07, 6.45) is 1.70. The second kappa shape index (κ2) is 4.97. The number of aromatic nitrogens is 1. The molecular weight excluding hydrogens is 240 g/mol. The molecule has 0 unspecified atom stereocenters. The van der Waals surface area contributed by atoms with Crippen molar-refractivity contribution in [3.63, 3.8) is 0 Å². The first kappa shape index (κ1) is 13.5. The summed E-state index contributed by atoms with van der Waals surface area (Å²) in [5.41, 5.74) is -0.215. The molecule has 1 amide bonds. The van der Waals surface area contributed by atoms with E-state index in [-0.39, 0.29) is 12.5 Å². The van der Waals surface area contributed by atoms with Gasteiger partial charge in [0.1, 0.15) is 5.69 Å². The van der Waals surface area contributed by atoms with Crippen molar-refractivity contribution in [3.8, 4) is 0 Å². The number of amides is 1. The molecule has 0 spiro atoms. The first-order valence-corrected chi connectivity index (χ1v) is 6.19. The average molecular weight is 258 g/mol. The molecular formula is C15H18N2O2. The highest BCUT2D eigenvalue weighted by Crippen LogP contribution is 2.18. The molecule has 1 aromatic carbocycles. The standard InChI is InChI=1S/C15H18N2O2/c1-15(2,10-18)17(3)14(19)13-8-11-6-4-5-7-12(11)9-16-13/h4-9,18H,10H2,1-3H3. The molecule has 1 aromatic heterocycles. The molecule has 0 atom stereocenters. The van der Waals surface area contributed by atoms with Crippen LogP contribution in [0.15, 0.2) is 36.5 Å². The van der Waals surface area contributed by atoms with Crippen LogP contribution in [0.3, 0.4) is 0 Å². The first-order valence-electron chi connectivity index (χ1n) is 6.19. The van der Waals surface area contributed by atoms with Crippen LogP contribution in [-0.4, -0.2) is 40.1 Å². The van der Waals surface area contributed by atoms with Crippen molar-refractivity contribution in [1.82, 2.24) is 9.88 Å². The lowest BCUT2D eigenvalue weighted by atomic mass is 10.0. The molecule has 0 saturated carbocycles. The van der Waals surface area contributed by atoms with Gasteiger partial charge in [0.2, 0.25) is 0 Å². The van der Waals surface area contributed by atoms with Gasteiger partial charge >= 0.3 is 0 Å². The Kier molecular flexibility index (Phi) is 3.53. The molecule has 0 radical (unpaired) electrons. The predicted octanol–water partition coefficient (Wildman–Crippen LogP) is 2.08. The summed E-state index contributed by atoms with van der Waals surface area (Å²) in [5, 5.41) is 11.3. The Morgan fingerprint density at radius 3 is 2.58 bits per heavy atom. The van der Waals surface area contributed by atoms with E-state index in [1.54, 1.807) is 19.3 Å². The summed E-state index contributed by atoms with van der Waals surface area (Å²) in [4.78, 5) is 18.1. The fourth-order valence-electron chi connectivity index (χ4n) is 1.75. The zero-order valence-corrected chi connectivity index (χ0v) is 11.4. The largest absolute Gasteiger partial charge is 0.394 e. The number of benzene rings is 1. The quantitative estimate of drug-likeness (QED) is 0.917. The normalized spacial score (nSPS) is 11.6. The van der Waals surface area contributed by atoms with Gasteiger partial charge in [0, 0.05) is 18.6 Å². The number of carbonyl (C=O) groups excluding carboxylic acids is 1. The SMILES string of the molecule is CN(C(=O)c1cc2ccccc2cn1)C(C)(C)CO. The Labute approximate surface area is 112 Å². The van der Waals surface area contributed by atoms with Gasteiger partial charge in [-0.2, -0.15) is 0 Å². The van der Waals surface area contributed by atoms with E-state index in [2.05, 4.69) is 4.98 Å². The number of carbonyl (C=O) groups is 1. The van der Waals surface area contributed by atoms with Crippen molar-refractivity contribution in [1.29, 1.82) is 0 Å². The van der Waals surface area contributed by atoms with Crippen molar-refractivity contribution in [2.45, 2.75) is 19.4 Å². The van der Waals surface area contributed by atoms with E-state index >= 15 is 0 Å². The van der Waals surface area contributed by atoms with Crippen LogP contribution in [0.2, 0.25) is 0 Å². The van der Waals surface area contributed by atoms with Crippen molar-refractivity contribution >= 4 is 16.7 Å². The summed E-state index contributed by atoms with van der Waals surface area (Å²) in [6.45, 7) is 3.53. The number of aliphatic hydroxyl groups is 1. The molecule has 0 aliphatic heterocycles. The molecule has 1 N–H and O–H groups in total. The number of fused-ring (bicyclic) bond motifs is 1. The summed E-state index contributed by atoms with van der Waals surface area (Å²) in [7, 11) is 1.68. The minimum absolute atomic E-state index is 0.0944. The van der Waals surface area contributed by atoms with E-state index in [0.29, 0.717) is 5.69 Å². The molecule has 19 heavy (non-hydrogen) atoms. The zero-order valence-electron chi connectivity index (χ0n) is 11.4. The van der Waals surface area contributed by atoms with Gasteiger partial charge in [0.25, 0.3) is 5.91 Å². The predicted molar refractivity (Wildman–Crippen MR) is 75.0 cm³/mol. The molecule has 0 aliphatic carbocycles. The molecule has 1 heterocycles. The van der Waals surface area contributed by atoms with Crippen molar-refractivity contribution in [3.05, 3.63) is 42.2 Å². The topological polar surface area (TPSA) is 53.4 Å². The number of aliphatic hydroxyl groups excluding tert-OH is 1. The van der Waals surface area contributed by atoms with Crippen LogP contribution in [0, 0.1) is 0 Å². The fraction of sp³-hybridized carbons (Fsp3) is 0.333. The molecule has 0 saturated heterocycles. The third-order valence-corrected chi connectivity index (χ3v) is 3.45. The van der Waals surface area contributed by atoms with Crippen LogP contribution in [0.4, 0.5) is 0 Å². The smallest absolute Gasteiger partial charge is 0.272 e. The Morgan fingerprint density at radius 2 is 1.95 bits per heavy atom. The molecule has 0 aliphatic rings. The number of pyridine rings is 1. The molecule has 0 bridgehead atoms. The minimum Gasteiger partial charge on any atom is -0.394 e. The summed E-state index contributed by atoms with van der Waals surface area (Å²) >= 11 is 0. The fourth-order valence-corrected chi connectivity index (χ4v) is 1.75. The third kappa shape index (κ3) is 2.58. The van der Waals surface area contributed by atoms with Crippen LogP contribution >= 0.6 is 0 Å². The Bertz CT molecular complexity index is 608. The van der Waals surface area contributed by atoms with Crippen LogP contribution < -0.4 is 0 Å². The van der Waals surface area contributed by atoms with Crippen molar-refractivity contribution in [2.24, 2.45) is 0 Å². The number of hydrogen-bond acceptors (Lipinski definition) is 3. The first-order chi connectivity index (χ1) is 8.95. The van der Waals surface area contributed by atoms with Gasteiger partial charge in [-0.05, 0) is 25.3 Å². The number of hydrogen-bond donors (Lipinski definition) is 1. The highest BCUT2D eigenvalue weighted by Gasteiger charge is 2.28. The maximum Gasteiger partial charge on any atom is 0.272 e. The lowest BCUT2D eigenvalue weighted by molar-refractivity contribution is 0.0468. The van der Waals surface area contributed by atoms with Crippen LogP contribution in [0.25, 0.3) is 10.8 Å². The van der Waals surface area contributed by atoms with Gasteiger partial charge in [-0.25, -0.2) is 0 Å². The van der Waals surface area contributed by atoms with E-state index in [0.717, 1.165) is 10.8 Å². The van der Waals surface area contributed by atoms with Gasteiger partial charge < -0.3 is 10.0 Å². The van der Waals surface area contributed by atoms with E-state index in [1.807, 2.05) is 38.1 Å². The van der Waals surface area contributed by atoms with E-state index in [4.69, 9.17) is 0 Å². The highest BCUT2D eigenvalue weighted by atomic mass is 16.3. The lowest BCUT2D eigenvalue weighted by Gasteiger charge is -2.33. The molecule has 0 fully saturated rings. The van der Waals surface area contributed by atoms with E-state index in [9.17, 15) is 9.90 Å². The van der Waals surface area contributed by atoms with Crippen LogP contribution in [0.5, 0.6) is 0 Å². The second-order valence-corrected chi connectivity index (χ2v) is 5.25.